The minimum absolute atomic E-state index is 0.0429. The minimum atomic E-state index is -2.59. The molecule has 14 heavy (non-hydrogen) atoms. The van der Waals surface area contributed by atoms with E-state index in [4.69, 9.17) is 0 Å². The van der Waals surface area contributed by atoms with Crippen LogP contribution in [0.15, 0.2) is 18.2 Å². The molecule has 2 aromatic rings. The fraction of sp³-hybridized carbons (Fsp3) is 0.222. The second kappa shape index (κ2) is 2.94. The van der Waals surface area contributed by atoms with Crippen LogP contribution in [0.4, 0.5) is 8.78 Å². The summed E-state index contributed by atoms with van der Waals surface area (Å²) in [6.45, 7) is 0. The Morgan fingerprint density at radius 3 is 2.79 bits per heavy atom. The lowest BCUT2D eigenvalue weighted by molar-refractivity contribution is 0.147. The molecule has 2 rings (SSSR count). The molecule has 1 aromatic carbocycles. The van der Waals surface area contributed by atoms with Gasteiger partial charge >= 0.3 is 0 Å². The fourth-order valence-corrected chi connectivity index (χ4v) is 1.43. The molecule has 0 unspecified atom stereocenters. The summed E-state index contributed by atoms with van der Waals surface area (Å²) in [6, 6.07) is 4.23. The highest BCUT2D eigenvalue weighted by atomic mass is 19.3. The highest BCUT2D eigenvalue weighted by molar-refractivity contribution is 5.83. The van der Waals surface area contributed by atoms with E-state index in [1.54, 1.807) is 7.05 Å². The van der Waals surface area contributed by atoms with Crippen LogP contribution in [-0.2, 0) is 7.05 Å². The Balaban J connectivity index is 2.77. The topological polar surface area (TPSA) is 38.0 Å². The number of aryl methyl sites for hydroxylation is 1. The number of phenolic OH excluding ortho intramolecular Hbond substituents is 1. The summed E-state index contributed by atoms with van der Waals surface area (Å²) >= 11 is 0. The van der Waals surface area contributed by atoms with Gasteiger partial charge in [-0.2, -0.15) is 5.10 Å². The third-order valence-corrected chi connectivity index (χ3v) is 2.07. The maximum atomic E-state index is 12.5. The normalized spacial score (nSPS) is 11.4. The number of aromatic hydroxyl groups is 1. The van der Waals surface area contributed by atoms with E-state index in [1.807, 2.05) is 0 Å². The SMILES string of the molecule is Cn1nc(C(F)F)c2ccc(O)cc21. The van der Waals surface area contributed by atoms with Crippen LogP contribution in [0, 0.1) is 0 Å². The summed E-state index contributed by atoms with van der Waals surface area (Å²) in [4.78, 5) is 0. The second-order valence-electron chi connectivity index (χ2n) is 3.01. The van der Waals surface area contributed by atoms with Crippen LogP contribution in [0.25, 0.3) is 10.9 Å². The molecule has 0 fully saturated rings. The molecular weight excluding hydrogens is 190 g/mol. The predicted octanol–water partition coefficient (Wildman–Crippen LogP) is 2.22. The summed E-state index contributed by atoms with van der Waals surface area (Å²) in [6.07, 6.45) is -2.59. The molecule has 0 radical (unpaired) electrons. The molecule has 0 aliphatic carbocycles. The summed E-state index contributed by atoms with van der Waals surface area (Å²) < 4.78 is 26.3. The smallest absolute Gasteiger partial charge is 0.282 e. The van der Waals surface area contributed by atoms with Gasteiger partial charge in [-0.15, -0.1) is 0 Å². The van der Waals surface area contributed by atoms with E-state index in [2.05, 4.69) is 5.10 Å². The lowest BCUT2D eigenvalue weighted by Crippen LogP contribution is -1.91. The Labute approximate surface area is 78.6 Å². The largest absolute Gasteiger partial charge is 0.508 e. The van der Waals surface area contributed by atoms with Crippen LogP contribution >= 0.6 is 0 Å². The second-order valence-corrected chi connectivity index (χ2v) is 3.01. The third kappa shape index (κ3) is 1.21. The van der Waals surface area contributed by atoms with Crippen molar-refractivity contribution in [1.29, 1.82) is 0 Å². The number of benzene rings is 1. The molecule has 0 atom stereocenters. The molecule has 74 valence electrons. The summed E-state index contributed by atoms with van der Waals surface area (Å²) in [5.74, 6) is 0.0429. The number of alkyl halides is 2. The average molecular weight is 198 g/mol. The van der Waals surface area contributed by atoms with Crippen molar-refractivity contribution in [2.24, 2.45) is 7.05 Å². The maximum Gasteiger partial charge on any atom is 0.282 e. The number of hydrogen-bond donors (Lipinski definition) is 1. The monoisotopic (exact) mass is 198 g/mol. The molecule has 0 amide bonds. The molecule has 0 saturated heterocycles. The highest BCUT2D eigenvalue weighted by Crippen LogP contribution is 2.28. The van der Waals surface area contributed by atoms with E-state index in [0.29, 0.717) is 10.9 Å². The van der Waals surface area contributed by atoms with Gasteiger partial charge in [-0.3, -0.25) is 4.68 Å². The molecule has 0 aliphatic rings. The molecule has 1 heterocycles. The van der Waals surface area contributed by atoms with E-state index in [0.717, 1.165) is 0 Å². The van der Waals surface area contributed by atoms with Crippen molar-refractivity contribution in [2.45, 2.75) is 6.43 Å². The maximum absolute atomic E-state index is 12.5. The molecule has 5 heteroatoms. The zero-order chi connectivity index (χ0) is 10.3. The van der Waals surface area contributed by atoms with Gasteiger partial charge in [0.05, 0.1) is 5.52 Å². The first-order valence-electron chi connectivity index (χ1n) is 4.03. The lowest BCUT2D eigenvalue weighted by atomic mass is 10.2. The van der Waals surface area contributed by atoms with Crippen LogP contribution in [0.3, 0.4) is 0 Å². The first-order valence-corrected chi connectivity index (χ1v) is 4.03. The van der Waals surface area contributed by atoms with Crippen molar-refractivity contribution in [3.63, 3.8) is 0 Å². The molecule has 3 nitrogen and oxygen atoms in total. The van der Waals surface area contributed by atoms with Gasteiger partial charge in [0.15, 0.2) is 0 Å². The number of aromatic nitrogens is 2. The zero-order valence-corrected chi connectivity index (χ0v) is 7.41. The van der Waals surface area contributed by atoms with Gasteiger partial charge in [-0.05, 0) is 12.1 Å². The van der Waals surface area contributed by atoms with Crippen molar-refractivity contribution < 1.29 is 13.9 Å². The Kier molecular flexibility index (Phi) is 1.87. The Bertz CT molecular complexity index is 479. The standard InChI is InChI=1S/C9H8F2N2O/c1-13-7-4-5(14)2-3-6(7)8(12-13)9(10)11/h2-4,9,14H,1H3. The van der Waals surface area contributed by atoms with Gasteiger partial charge in [-0.1, -0.05) is 0 Å². The van der Waals surface area contributed by atoms with Crippen molar-refractivity contribution in [1.82, 2.24) is 9.78 Å². The summed E-state index contributed by atoms with van der Waals surface area (Å²) in [5, 5.41) is 13.2. The Morgan fingerprint density at radius 1 is 1.43 bits per heavy atom. The number of hydrogen-bond acceptors (Lipinski definition) is 2. The van der Waals surface area contributed by atoms with E-state index in [1.165, 1.54) is 22.9 Å². The van der Waals surface area contributed by atoms with Gasteiger partial charge in [-0.25, -0.2) is 8.78 Å². The fourth-order valence-electron chi connectivity index (χ4n) is 1.43. The summed E-state index contributed by atoms with van der Waals surface area (Å²) in [5.41, 5.74) is 0.253. The number of fused-ring (bicyclic) bond motifs is 1. The molecule has 0 saturated carbocycles. The van der Waals surface area contributed by atoms with Crippen molar-refractivity contribution >= 4 is 10.9 Å². The highest BCUT2D eigenvalue weighted by Gasteiger charge is 2.17. The van der Waals surface area contributed by atoms with Crippen LogP contribution in [0.2, 0.25) is 0 Å². The Hall–Kier alpha value is -1.65. The third-order valence-electron chi connectivity index (χ3n) is 2.07. The van der Waals surface area contributed by atoms with Gasteiger partial charge in [0.1, 0.15) is 11.4 Å². The van der Waals surface area contributed by atoms with Gasteiger partial charge < -0.3 is 5.11 Å². The van der Waals surface area contributed by atoms with Crippen molar-refractivity contribution in [2.75, 3.05) is 0 Å². The molecule has 1 N–H and O–H groups in total. The first-order chi connectivity index (χ1) is 6.59. The number of phenols is 1. The van der Waals surface area contributed by atoms with E-state index >= 15 is 0 Å². The van der Waals surface area contributed by atoms with Crippen LogP contribution in [0.5, 0.6) is 5.75 Å². The molecular formula is C9H8F2N2O. The zero-order valence-electron chi connectivity index (χ0n) is 7.41. The quantitative estimate of drug-likeness (QED) is 0.762. The van der Waals surface area contributed by atoms with E-state index < -0.39 is 6.43 Å². The number of nitrogens with zero attached hydrogens (tertiary/aromatic N) is 2. The molecule has 0 spiro atoms. The van der Waals surface area contributed by atoms with E-state index in [-0.39, 0.29) is 11.4 Å². The number of rotatable bonds is 1. The van der Waals surface area contributed by atoms with Gasteiger partial charge in [0.25, 0.3) is 6.43 Å². The summed E-state index contributed by atoms with van der Waals surface area (Å²) in [7, 11) is 1.56. The van der Waals surface area contributed by atoms with Crippen molar-refractivity contribution in [3.05, 3.63) is 23.9 Å². The minimum Gasteiger partial charge on any atom is -0.508 e. The average Bonchev–Trinajstić information content (AvgIpc) is 2.44. The van der Waals surface area contributed by atoms with E-state index in [9.17, 15) is 13.9 Å². The molecule has 0 bridgehead atoms. The van der Waals surface area contributed by atoms with Gasteiger partial charge in [0.2, 0.25) is 0 Å². The van der Waals surface area contributed by atoms with Crippen molar-refractivity contribution in [3.8, 4) is 5.75 Å². The van der Waals surface area contributed by atoms with Gasteiger partial charge in [0, 0.05) is 18.5 Å². The van der Waals surface area contributed by atoms with Crippen LogP contribution < -0.4 is 0 Å². The lowest BCUT2D eigenvalue weighted by Gasteiger charge is -1.95. The molecule has 1 aromatic heterocycles. The Morgan fingerprint density at radius 2 is 2.14 bits per heavy atom. The predicted molar refractivity (Wildman–Crippen MR) is 47.3 cm³/mol. The first kappa shape index (κ1) is 8.93. The van der Waals surface area contributed by atoms with Crippen LogP contribution in [-0.4, -0.2) is 14.9 Å². The molecule has 0 aliphatic heterocycles. The number of halogens is 2. The van der Waals surface area contributed by atoms with Crippen LogP contribution in [0.1, 0.15) is 12.1 Å².